The normalized spacial score (nSPS) is 14.9. The van der Waals surface area contributed by atoms with E-state index >= 15 is 0 Å². The van der Waals surface area contributed by atoms with Crippen molar-refractivity contribution in [3.8, 4) is 67.0 Å². The zero-order chi connectivity index (χ0) is 32.2. The van der Waals surface area contributed by atoms with Gasteiger partial charge >= 0.3 is 0 Å². The number of nitrogens with zero attached hydrogens (tertiary/aromatic N) is 3. The first-order chi connectivity index (χ1) is 23.5. The third-order valence-electron chi connectivity index (χ3n) is 9.43. The summed E-state index contributed by atoms with van der Waals surface area (Å²) in [5, 5.41) is 6.86. The zero-order valence-electron chi connectivity index (χ0n) is 26.3. The quantitative estimate of drug-likeness (QED) is 0.177. The molecule has 1 unspecified atom stereocenters. The first-order valence-corrected chi connectivity index (χ1v) is 18.2. The van der Waals surface area contributed by atoms with Gasteiger partial charge in [-0.1, -0.05) is 140 Å². The molecule has 0 aliphatic carbocycles. The fourth-order valence-corrected chi connectivity index (χ4v) is 9.19. The fourth-order valence-electron chi connectivity index (χ4n) is 6.90. The minimum atomic E-state index is -2.56. The Bertz CT molecular complexity index is 2520. The first-order valence-electron chi connectivity index (χ1n) is 16.1. The van der Waals surface area contributed by atoms with E-state index in [0.717, 1.165) is 77.5 Å². The van der Waals surface area contributed by atoms with Crippen LogP contribution in [0.15, 0.2) is 164 Å². The Kier molecular flexibility index (Phi) is 6.60. The van der Waals surface area contributed by atoms with Crippen LogP contribution < -0.4 is 10.6 Å². The number of benzene rings is 6. The smallest absolute Gasteiger partial charge is 0.182 e. The molecule has 6 aromatic carbocycles. The van der Waals surface area contributed by atoms with Gasteiger partial charge in [-0.25, -0.2) is 9.50 Å². The van der Waals surface area contributed by atoms with Crippen LogP contribution in [0.2, 0.25) is 0 Å². The lowest BCUT2D eigenvalue weighted by molar-refractivity contribution is 0.591. The minimum Gasteiger partial charge on any atom is -0.314 e. The van der Waals surface area contributed by atoms with E-state index in [2.05, 4.69) is 134 Å². The van der Waals surface area contributed by atoms with Crippen LogP contribution in [0.1, 0.15) is 0 Å². The summed E-state index contributed by atoms with van der Waals surface area (Å²) in [6, 6.07) is 54.5. The molecule has 2 aromatic heterocycles. The molecule has 4 nitrogen and oxygen atoms in total. The summed E-state index contributed by atoms with van der Waals surface area (Å²) in [5.41, 5.74) is 12.9. The molecular weight excluding hydrogens is 605 g/mol. The topological polar surface area (TPSA) is 47.3 Å². The number of pyridine rings is 1. The first kappa shape index (κ1) is 28.4. The molecule has 3 heterocycles. The molecule has 48 heavy (non-hydrogen) atoms. The second kappa shape index (κ2) is 11.2. The van der Waals surface area contributed by atoms with Gasteiger partial charge in [0.15, 0.2) is 11.5 Å². The second-order valence-electron chi connectivity index (χ2n) is 12.4. The lowest BCUT2D eigenvalue weighted by atomic mass is 9.97. The molecule has 5 heteroatoms. The van der Waals surface area contributed by atoms with Crippen LogP contribution in [-0.2, 0) is 4.57 Å². The van der Waals surface area contributed by atoms with Crippen LogP contribution in [0.5, 0.6) is 0 Å². The van der Waals surface area contributed by atoms with Crippen LogP contribution in [0.4, 0.5) is 0 Å². The maximum absolute atomic E-state index is 13.6. The Morgan fingerprint density at radius 1 is 0.458 bits per heavy atom. The number of aromatic nitrogens is 3. The summed E-state index contributed by atoms with van der Waals surface area (Å²) in [7, 11) is -2.56. The lowest BCUT2D eigenvalue weighted by Crippen LogP contribution is -2.07. The number of fused-ring (bicyclic) bond motifs is 4. The van der Waals surface area contributed by atoms with E-state index in [-0.39, 0.29) is 0 Å². The maximum Gasteiger partial charge on any atom is 0.182 e. The molecule has 1 atom stereocenters. The molecule has 1 aliphatic rings. The average Bonchev–Trinajstić information content (AvgIpc) is 3.68. The molecule has 0 amide bonds. The number of hydrogen-bond acceptors (Lipinski definition) is 3. The Morgan fingerprint density at radius 2 is 0.958 bits per heavy atom. The molecule has 0 saturated heterocycles. The third kappa shape index (κ3) is 4.73. The van der Waals surface area contributed by atoms with Crippen LogP contribution in [0.25, 0.3) is 72.7 Å². The maximum atomic E-state index is 13.6. The van der Waals surface area contributed by atoms with E-state index in [1.807, 2.05) is 41.5 Å². The zero-order valence-corrected chi connectivity index (χ0v) is 27.2. The van der Waals surface area contributed by atoms with Gasteiger partial charge < -0.3 is 4.57 Å². The van der Waals surface area contributed by atoms with E-state index in [4.69, 9.17) is 10.1 Å². The highest BCUT2D eigenvalue weighted by Gasteiger charge is 2.34. The van der Waals surface area contributed by atoms with Crippen molar-refractivity contribution in [2.24, 2.45) is 0 Å². The molecule has 0 N–H and O–H groups in total. The van der Waals surface area contributed by atoms with Gasteiger partial charge in [-0.15, -0.1) is 5.10 Å². The Labute approximate surface area is 279 Å². The summed E-state index contributed by atoms with van der Waals surface area (Å²) in [4.78, 5) is 5.02. The van der Waals surface area contributed by atoms with E-state index in [9.17, 15) is 4.57 Å². The van der Waals surface area contributed by atoms with Crippen molar-refractivity contribution in [1.29, 1.82) is 0 Å². The Hall–Kier alpha value is -5.83. The fraction of sp³-hybridized carbons (Fsp3) is 0.0233. The van der Waals surface area contributed by atoms with Crippen LogP contribution >= 0.6 is 7.14 Å². The van der Waals surface area contributed by atoms with Crippen molar-refractivity contribution in [3.05, 3.63) is 164 Å². The highest BCUT2D eigenvalue weighted by Crippen LogP contribution is 2.50. The second-order valence-corrected chi connectivity index (χ2v) is 15.2. The predicted octanol–water partition coefficient (Wildman–Crippen LogP) is 9.99. The third-order valence-corrected chi connectivity index (χ3v) is 12.0. The van der Waals surface area contributed by atoms with Crippen molar-refractivity contribution in [2.75, 3.05) is 6.66 Å². The minimum absolute atomic E-state index is 0.689. The van der Waals surface area contributed by atoms with E-state index in [1.54, 1.807) is 0 Å². The van der Waals surface area contributed by atoms with Gasteiger partial charge in [-0.2, -0.15) is 0 Å². The molecule has 8 aromatic rings. The SMILES string of the molecule is CP1(=O)c2ccccc2-c2cc(-c3ccc(-c4ccc(-c5nc6c(-c7ccccc7)cc(-c7ccccc7)cn6n5)cc4)cc3)ccc21. The van der Waals surface area contributed by atoms with Crippen molar-refractivity contribution >= 4 is 23.4 Å². The monoisotopic (exact) mass is 635 g/mol. The van der Waals surface area contributed by atoms with Gasteiger partial charge in [0.1, 0.15) is 7.14 Å². The molecule has 1 aliphatic heterocycles. The lowest BCUT2D eigenvalue weighted by Gasteiger charge is -2.10. The molecule has 0 saturated carbocycles. The van der Waals surface area contributed by atoms with Crippen molar-refractivity contribution < 1.29 is 4.57 Å². The molecular formula is C43H30N3OP. The molecule has 0 spiro atoms. The van der Waals surface area contributed by atoms with Crippen LogP contribution in [0.3, 0.4) is 0 Å². The highest BCUT2D eigenvalue weighted by atomic mass is 31.2. The van der Waals surface area contributed by atoms with Crippen molar-refractivity contribution in [2.45, 2.75) is 0 Å². The predicted molar refractivity (Wildman–Crippen MR) is 198 cm³/mol. The number of hydrogen-bond donors (Lipinski definition) is 0. The summed E-state index contributed by atoms with van der Waals surface area (Å²) in [5.74, 6) is 0.689. The van der Waals surface area contributed by atoms with E-state index in [1.165, 1.54) is 0 Å². The van der Waals surface area contributed by atoms with Crippen molar-refractivity contribution in [1.82, 2.24) is 14.6 Å². The van der Waals surface area contributed by atoms with E-state index < -0.39 is 7.14 Å². The largest absolute Gasteiger partial charge is 0.314 e. The summed E-state index contributed by atoms with van der Waals surface area (Å²) < 4.78 is 15.5. The number of rotatable bonds is 5. The van der Waals surface area contributed by atoms with Crippen LogP contribution in [0, 0.1) is 0 Å². The molecule has 0 radical (unpaired) electrons. The summed E-state index contributed by atoms with van der Waals surface area (Å²) >= 11 is 0. The summed E-state index contributed by atoms with van der Waals surface area (Å²) in [6.45, 7) is 1.88. The van der Waals surface area contributed by atoms with Gasteiger partial charge in [0.25, 0.3) is 0 Å². The van der Waals surface area contributed by atoms with Gasteiger partial charge in [0, 0.05) is 33.5 Å². The van der Waals surface area contributed by atoms with E-state index in [0.29, 0.717) is 5.82 Å². The Balaban J connectivity index is 1.02. The standard InChI is InChI=1S/C43H30N3OP/c1-48(47)40-15-9-8-14-37(40)39-26-35(24-25-41(39)48)32-18-16-30(17-19-32)31-20-22-34(23-21-31)42-44-43-38(33-12-6-3-7-13-33)27-36(28-46(43)45-42)29-10-4-2-5-11-29/h2-28H,1H3. The van der Waals surface area contributed by atoms with Gasteiger partial charge in [-0.3, -0.25) is 0 Å². The summed E-state index contributed by atoms with van der Waals surface area (Å²) in [6.07, 6.45) is 2.06. The molecule has 9 rings (SSSR count). The van der Waals surface area contributed by atoms with Gasteiger partial charge in [-0.05, 0) is 69.4 Å². The average molecular weight is 636 g/mol. The van der Waals surface area contributed by atoms with Crippen LogP contribution in [-0.4, -0.2) is 21.3 Å². The van der Waals surface area contributed by atoms with Gasteiger partial charge in [0.2, 0.25) is 0 Å². The van der Waals surface area contributed by atoms with Gasteiger partial charge in [0.05, 0.1) is 0 Å². The molecule has 0 fully saturated rings. The highest BCUT2D eigenvalue weighted by molar-refractivity contribution is 7.79. The Morgan fingerprint density at radius 3 is 1.65 bits per heavy atom. The molecule has 0 bridgehead atoms. The molecule has 228 valence electrons. The van der Waals surface area contributed by atoms with Crippen molar-refractivity contribution in [3.63, 3.8) is 0 Å².